The van der Waals surface area contributed by atoms with E-state index >= 15 is 0 Å². The van der Waals surface area contributed by atoms with Gasteiger partial charge in [-0.25, -0.2) is 4.98 Å². The molecule has 0 radical (unpaired) electrons. The standard InChI is InChI=1S/C14H17BrN4O/c1-8(2)19-10(4)12(9(3)18-19)17-14(20)11-6-5-7-16-13(11)15/h5-8H,1-4H3,(H,17,20). The number of anilines is 1. The second-order valence-corrected chi connectivity index (χ2v) is 5.63. The summed E-state index contributed by atoms with van der Waals surface area (Å²) >= 11 is 3.28. The van der Waals surface area contributed by atoms with Crippen molar-refractivity contribution in [3.8, 4) is 0 Å². The maximum atomic E-state index is 12.3. The van der Waals surface area contributed by atoms with E-state index in [1.165, 1.54) is 0 Å². The largest absolute Gasteiger partial charge is 0.319 e. The van der Waals surface area contributed by atoms with Crippen LogP contribution in [0.3, 0.4) is 0 Å². The van der Waals surface area contributed by atoms with E-state index in [-0.39, 0.29) is 11.9 Å². The van der Waals surface area contributed by atoms with Gasteiger partial charge in [0.2, 0.25) is 0 Å². The summed E-state index contributed by atoms with van der Waals surface area (Å²) < 4.78 is 2.44. The Hall–Kier alpha value is -1.69. The van der Waals surface area contributed by atoms with Crippen LogP contribution in [0.25, 0.3) is 0 Å². The Morgan fingerprint density at radius 3 is 2.65 bits per heavy atom. The van der Waals surface area contributed by atoms with Crippen molar-refractivity contribution in [2.45, 2.75) is 33.7 Å². The van der Waals surface area contributed by atoms with Crippen LogP contribution in [0.1, 0.15) is 41.6 Å². The predicted octanol–water partition coefficient (Wildman–Crippen LogP) is 3.49. The number of carbonyl (C=O) groups excluding carboxylic acids is 1. The highest BCUT2D eigenvalue weighted by Gasteiger charge is 2.17. The van der Waals surface area contributed by atoms with Crippen molar-refractivity contribution in [3.63, 3.8) is 0 Å². The number of aromatic nitrogens is 3. The highest BCUT2D eigenvalue weighted by Crippen LogP contribution is 2.24. The van der Waals surface area contributed by atoms with E-state index in [1.54, 1.807) is 18.3 Å². The third-order valence-corrected chi connectivity index (χ3v) is 3.69. The molecule has 2 rings (SSSR count). The van der Waals surface area contributed by atoms with Crippen LogP contribution < -0.4 is 5.32 Å². The van der Waals surface area contributed by atoms with Crippen LogP contribution in [0.2, 0.25) is 0 Å². The number of hydrogen-bond acceptors (Lipinski definition) is 3. The topological polar surface area (TPSA) is 59.8 Å². The average Bonchev–Trinajstić information content (AvgIpc) is 2.67. The van der Waals surface area contributed by atoms with Gasteiger partial charge in [-0.1, -0.05) is 0 Å². The molecule has 20 heavy (non-hydrogen) atoms. The van der Waals surface area contributed by atoms with Gasteiger partial charge in [0, 0.05) is 12.2 Å². The van der Waals surface area contributed by atoms with Gasteiger partial charge in [0.25, 0.3) is 5.91 Å². The van der Waals surface area contributed by atoms with Gasteiger partial charge in [-0.2, -0.15) is 5.10 Å². The molecule has 1 amide bonds. The molecule has 0 unspecified atom stereocenters. The Morgan fingerprint density at radius 2 is 2.10 bits per heavy atom. The molecule has 2 heterocycles. The minimum absolute atomic E-state index is 0.195. The first kappa shape index (κ1) is 14.7. The molecule has 106 valence electrons. The van der Waals surface area contributed by atoms with Crippen molar-refractivity contribution in [1.82, 2.24) is 14.8 Å². The van der Waals surface area contributed by atoms with Crippen LogP contribution in [-0.4, -0.2) is 20.7 Å². The normalized spacial score (nSPS) is 10.9. The molecular weight excluding hydrogens is 320 g/mol. The number of nitrogens with one attached hydrogen (secondary N) is 1. The SMILES string of the molecule is Cc1nn(C(C)C)c(C)c1NC(=O)c1cccnc1Br. The van der Waals surface area contributed by atoms with E-state index in [1.807, 2.05) is 18.5 Å². The molecular formula is C14H17BrN4O. The predicted molar refractivity (Wildman–Crippen MR) is 82.0 cm³/mol. The molecule has 2 aromatic rings. The zero-order chi connectivity index (χ0) is 14.9. The third kappa shape index (κ3) is 2.75. The minimum atomic E-state index is -0.195. The second kappa shape index (κ2) is 5.75. The molecule has 0 bridgehead atoms. The van der Waals surface area contributed by atoms with E-state index < -0.39 is 0 Å². The van der Waals surface area contributed by atoms with E-state index in [4.69, 9.17) is 0 Å². The van der Waals surface area contributed by atoms with Crippen molar-refractivity contribution in [2.24, 2.45) is 0 Å². The first-order chi connectivity index (χ1) is 9.41. The summed E-state index contributed by atoms with van der Waals surface area (Å²) in [5.74, 6) is -0.195. The smallest absolute Gasteiger partial charge is 0.258 e. The summed E-state index contributed by atoms with van der Waals surface area (Å²) in [7, 11) is 0. The Bertz CT molecular complexity index is 649. The maximum Gasteiger partial charge on any atom is 0.258 e. The van der Waals surface area contributed by atoms with Crippen molar-refractivity contribution in [2.75, 3.05) is 5.32 Å². The van der Waals surface area contributed by atoms with Crippen LogP contribution in [0.15, 0.2) is 22.9 Å². The fourth-order valence-electron chi connectivity index (χ4n) is 2.08. The lowest BCUT2D eigenvalue weighted by atomic mass is 10.2. The summed E-state index contributed by atoms with van der Waals surface area (Å²) in [4.78, 5) is 16.4. The number of pyridine rings is 1. The number of nitrogens with zero attached hydrogens (tertiary/aromatic N) is 3. The van der Waals surface area contributed by atoms with Gasteiger partial charge < -0.3 is 5.32 Å². The molecule has 0 saturated carbocycles. The van der Waals surface area contributed by atoms with Gasteiger partial charge in [0.1, 0.15) is 4.60 Å². The first-order valence-corrected chi connectivity index (χ1v) is 7.18. The van der Waals surface area contributed by atoms with Crippen LogP contribution in [-0.2, 0) is 0 Å². The summed E-state index contributed by atoms with van der Waals surface area (Å²) in [5.41, 5.74) is 3.03. The number of carbonyl (C=O) groups is 1. The number of rotatable bonds is 3. The van der Waals surface area contributed by atoms with Crippen LogP contribution in [0.4, 0.5) is 5.69 Å². The molecule has 1 N–H and O–H groups in total. The molecule has 0 spiro atoms. The van der Waals surface area contributed by atoms with Crippen LogP contribution in [0, 0.1) is 13.8 Å². The van der Waals surface area contributed by atoms with Crippen molar-refractivity contribution < 1.29 is 4.79 Å². The van der Waals surface area contributed by atoms with Gasteiger partial charge in [0.05, 0.1) is 22.6 Å². The lowest BCUT2D eigenvalue weighted by Gasteiger charge is -2.09. The fraction of sp³-hybridized carbons (Fsp3) is 0.357. The number of hydrogen-bond donors (Lipinski definition) is 1. The van der Waals surface area contributed by atoms with Crippen molar-refractivity contribution >= 4 is 27.5 Å². The highest BCUT2D eigenvalue weighted by atomic mass is 79.9. The van der Waals surface area contributed by atoms with Crippen molar-refractivity contribution in [3.05, 3.63) is 39.9 Å². The zero-order valence-corrected chi connectivity index (χ0v) is 13.5. The quantitative estimate of drug-likeness (QED) is 0.872. The van der Waals surface area contributed by atoms with Gasteiger partial charge >= 0.3 is 0 Å². The molecule has 5 nitrogen and oxygen atoms in total. The summed E-state index contributed by atoms with van der Waals surface area (Å²) in [5, 5.41) is 7.37. The van der Waals surface area contributed by atoms with Gasteiger partial charge in [0.15, 0.2) is 0 Å². The molecule has 0 saturated heterocycles. The van der Waals surface area contributed by atoms with Crippen molar-refractivity contribution in [1.29, 1.82) is 0 Å². The molecule has 0 fully saturated rings. The molecule has 0 aliphatic heterocycles. The van der Waals surface area contributed by atoms with Gasteiger partial charge in [-0.05, 0) is 55.8 Å². The Labute approximate surface area is 126 Å². The number of halogens is 1. The number of aryl methyl sites for hydroxylation is 1. The van der Waals surface area contributed by atoms with E-state index in [2.05, 4.69) is 45.2 Å². The molecule has 0 aliphatic rings. The monoisotopic (exact) mass is 336 g/mol. The van der Waals surface area contributed by atoms with Crippen LogP contribution in [0.5, 0.6) is 0 Å². The minimum Gasteiger partial charge on any atom is -0.319 e. The Morgan fingerprint density at radius 1 is 1.40 bits per heavy atom. The fourth-order valence-corrected chi connectivity index (χ4v) is 2.51. The van der Waals surface area contributed by atoms with Gasteiger partial charge in [-0.15, -0.1) is 0 Å². The zero-order valence-electron chi connectivity index (χ0n) is 11.9. The average molecular weight is 337 g/mol. The van der Waals surface area contributed by atoms with E-state index in [0.717, 1.165) is 17.1 Å². The van der Waals surface area contributed by atoms with Gasteiger partial charge in [-0.3, -0.25) is 9.48 Å². The highest BCUT2D eigenvalue weighted by molar-refractivity contribution is 9.10. The molecule has 0 aliphatic carbocycles. The first-order valence-electron chi connectivity index (χ1n) is 6.39. The maximum absolute atomic E-state index is 12.3. The molecule has 0 atom stereocenters. The molecule has 6 heteroatoms. The lowest BCUT2D eigenvalue weighted by molar-refractivity contribution is 0.102. The number of amides is 1. The summed E-state index contributed by atoms with van der Waals surface area (Å²) in [6.07, 6.45) is 1.63. The third-order valence-electron chi connectivity index (χ3n) is 3.06. The lowest BCUT2D eigenvalue weighted by Crippen LogP contribution is -2.14. The summed E-state index contributed by atoms with van der Waals surface area (Å²) in [6, 6.07) is 3.71. The van der Waals surface area contributed by atoms with Crippen LogP contribution >= 0.6 is 15.9 Å². The Balaban J connectivity index is 2.31. The summed E-state index contributed by atoms with van der Waals surface area (Å²) in [6.45, 7) is 7.96. The molecule has 0 aromatic carbocycles. The second-order valence-electron chi connectivity index (χ2n) is 4.88. The Kier molecular flexibility index (Phi) is 4.23. The molecule has 2 aromatic heterocycles. The van der Waals surface area contributed by atoms with E-state index in [9.17, 15) is 4.79 Å². The van der Waals surface area contributed by atoms with E-state index in [0.29, 0.717) is 10.2 Å².